The number of hydrogen-bond acceptors (Lipinski definition) is 4. The molecule has 4 heteroatoms. The molecule has 0 atom stereocenters. The highest BCUT2D eigenvalue weighted by Crippen LogP contribution is 2.17. The predicted molar refractivity (Wildman–Crippen MR) is 88.3 cm³/mol. The van der Waals surface area contributed by atoms with Crippen LogP contribution in [0.2, 0.25) is 0 Å². The molecule has 4 nitrogen and oxygen atoms in total. The van der Waals surface area contributed by atoms with Gasteiger partial charge < -0.3 is 4.74 Å². The minimum Gasteiger partial charge on any atom is -0.423 e. The van der Waals surface area contributed by atoms with Gasteiger partial charge in [-0.3, -0.25) is 0 Å². The van der Waals surface area contributed by atoms with E-state index < -0.39 is 0 Å². The van der Waals surface area contributed by atoms with Gasteiger partial charge in [-0.05, 0) is 43.7 Å². The molecule has 2 aromatic carbocycles. The van der Waals surface area contributed by atoms with Gasteiger partial charge in [-0.15, -0.1) is 0 Å². The zero-order valence-electron chi connectivity index (χ0n) is 13.0. The Morgan fingerprint density at radius 3 is 2.04 bits per heavy atom. The van der Waals surface area contributed by atoms with Crippen LogP contribution in [0.4, 0.5) is 0 Å². The molecular formula is C19H16N2O2. The van der Waals surface area contributed by atoms with Crippen LogP contribution in [0, 0.1) is 13.8 Å². The van der Waals surface area contributed by atoms with Crippen molar-refractivity contribution in [2.75, 3.05) is 0 Å². The molecule has 0 fully saturated rings. The lowest BCUT2D eigenvalue weighted by Crippen LogP contribution is -2.08. The Morgan fingerprint density at radius 2 is 1.43 bits per heavy atom. The van der Waals surface area contributed by atoms with Crippen molar-refractivity contribution in [1.29, 1.82) is 0 Å². The van der Waals surface area contributed by atoms with E-state index in [9.17, 15) is 4.79 Å². The van der Waals surface area contributed by atoms with Crippen molar-refractivity contribution in [3.05, 3.63) is 77.6 Å². The van der Waals surface area contributed by atoms with Crippen LogP contribution in [-0.4, -0.2) is 15.9 Å². The van der Waals surface area contributed by atoms with Gasteiger partial charge in [0.1, 0.15) is 5.75 Å². The summed E-state index contributed by atoms with van der Waals surface area (Å²) in [6.45, 7) is 3.92. The number of carbonyl (C=O) groups is 1. The third kappa shape index (κ3) is 3.61. The molecule has 0 N–H and O–H groups in total. The summed E-state index contributed by atoms with van der Waals surface area (Å²) < 4.78 is 5.35. The lowest BCUT2D eigenvalue weighted by molar-refractivity contribution is 0.0735. The fourth-order valence-electron chi connectivity index (χ4n) is 2.07. The van der Waals surface area contributed by atoms with Gasteiger partial charge in [-0.25, -0.2) is 14.8 Å². The van der Waals surface area contributed by atoms with Crippen molar-refractivity contribution in [3.63, 3.8) is 0 Å². The Balaban J connectivity index is 1.74. The third-order valence-corrected chi connectivity index (χ3v) is 3.39. The number of carbonyl (C=O) groups excluding carboxylic acids is 1. The molecule has 0 unspecified atom stereocenters. The van der Waals surface area contributed by atoms with Crippen molar-refractivity contribution in [2.24, 2.45) is 0 Å². The molecule has 3 aromatic rings. The lowest BCUT2D eigenvalue weighted by Gasteiger charge is -2.05. The molecule has 23 heavy (non-hydrogen) atoms. The Kier molecular flexibility index (Phi) is 4.15. The smallest absolute Gasteiger partial charge is 0.343 e. The highest BCUT2D eigenvalue weighted by atomic mass is 16.5. The number of ether oxygens (including phenoxy) is 1. The third-order valence-electron chi connectivity index (χ3n) is 3.39. The molecule has 0 saturated heterocycles. The zero-order chi connectivity index (χ0) is 16.2. The highest BCUT2D eigenvalue weighted by Gasteiger charge is 2.09. The minimum atomic E-state index is -0.384. The van der Waals surface area contributed by atoms with E-state index in [1.807, 2.05) is 38.1 Å². The number of aromatic nitrogens is 2. The molecule has 0 aliphatic heterocycles. The van der Waals surface area contributed by atoms with E-state index in [2.05, 4.69) is 9.97 Å². The largest absolute Gasteiger partial charge is 0.423 e. The highest BCUT2D eigenvalue weighted by molar-refractivity contribution is 5.91. The average Bonchev–Trinajstić information content (AvgIpc) is 2.58. The first kappa shape index (κ1) is 14.9. The summed E-state index contributed by atoms with van der Waals surface area (Å²) in [5.74, 6) is 0.783. The molecular weight excluding hydrogens is 288 g/mol. The molecule has 0 bridgehead atoms. The van der Waals surface area contributed by atoms with Crippen LogP contribution < -0.4 is 4.74 Å². The first-order valence-corrected chi connectivity index (χ1v) is 7.30. The Labute approximate surface area is 134 Å². The number of rotatable bonds is 3. The van der Waals surface area contributed by atoms with E-state index in [4.69, 9.17) is 4.74 Å². The number of esters is 1. The van der Waals surface area contributed by atoms with Crippen LogP contribution in [0.1, 0.15) is 21.5 Å². The van der Waals surface area contributed by atoms with E-state index >= 15 is 0 Å². The van der Waals surface area contributed by atoms with Crippen molar-refractivity contribution in [2.45, 2.75) is 13.8 Å². The summed E-state index contributed by atoms with van der Waals surface area (Å²) in [4.78, 5) is 20.7. The predicted octanol–water partition coefficient (Wildman–Crippen LogP) is 3.98. The maximum Gasteiger partial charge on any atom is 0.343 e. The number of hydrogen-bond donors (Lipinski definition) is 0. The number of nitrogens with zero attached hydrogens (tertiary/aromatic N) is 2. The Hall–Kier alpha value is -3.01. The first-order valence-electron chi connectivity index (χ1n) is 7.30. The van der Waals surface area contributed by atoms with E-state index in [1.54, 1.807) is 36.7 Å². The Morgan fingerprint density at radius 1 is 0.826 bits per heavy atom. The molecule has 0 radical (unpaired) electrons. The SMILES string of the molecule is Cc1ccc(OC(=O)c2ccc(-c3ncc(C)cn3)cc2)cc1. The maximum atomic E-state index is 12.1. The second-order valence-corrected chi connectivity index (χ2v) is 5.36. The maximum absolute atomic E-state index is 12.1. The summed E-state index contributed by atoms with van der Waals surface area (Å²) in [5.41, 5.74) is 3.47. The van der Waals surface area contributed by atoms with Crippen molar-refractivity contribution < 1.29 is 9.53 Å². The first-order chi connectivity index (χ1) is 11.1. The van der Waals surface area contributed by atoms with Gasteiger partial charge in [0.15, 0.2) is 5.82 Å². The van der Waals surface area contributed by atoms with Crippen molar-refractivity contribution >= 4 is 5.97 Å². The van der Waals surface area contributed by atoms with E-state index in [1.165, 1.54) is 0 Å². The molecule has 1 heterocycles. The van der Waals surface area contributed by atoms with Crippen LogP contribution in [0.5, 0.6) is 5.75 Å². The zero-order valence-corrected chi connectivity index (χ0v) is 13.0. The van der Waals surface area contributed by atoms with Gasteiger partial charge in [0.05, 0.1) is 5.56 Å². The molecule has 114 valence electrons. The summed E-state index contributed by atoms with van der Waals surface area (Å²) in [6, 6.07) is 14.4. The lowest BCUT2D eigenvalue weighted by atomic mass is 10.1. The van der Waals surface area contributed by atoms with Gasteiger partial charge in [-0.2, -0.15) is 0 Å². The average molecular weight is 304 g/mol. The van der Waals surface area contributed by atoms with Crippen molar-refractivity contribution in [3.8, 4) is 17.1 Å². The summed E-state index contributed by atoms with van der Waals surface area (Å²) in [6.07, 6.45) is 3.53. The second kappa shape index (κ2) is 6.40. The second-order valence-electron chi connectivity index (χ2n) is 5.36. The summed E-state index contributed by atoms with van der Waals surface area (Å²) in [5, 5.41) is 0. The topological polar surface area (TPSA) is 52.1 Å². The molecule has 0 aliphatic carbocycles. The van der Waals surface area contributed by atoms with Crippen LogP contribution >= 0.6 is 0 Å². The molecule has 0 aliphatic rings. The van der Waals surface area contributed by atoms with Gasteiger partial charge in [0.25, 0.3) is 0 Å². The Bertz CT molecular complexity index is 807. The van der Waals surface area contributed by atoms with Crippen LogP contribution in [0.25, 0.3) is 11.4 Å². The van der Waals surface area contributed by atoms with E-state index in [0.717, 1.165) is 16.7 Å². The van der Waals surface area contributed by atoms with Gasteiger partial charge >= 0.3 is 5.97 Å². The van der Waals surface area contributed by atoms with Crippen molar-refractivity contribution in [1.82, 2.24) is 9.97 Å². The standard InChI is InChI=1S/C19H16N2O2/c1-13-3-9-17(10-4-13)23-19(22)16-7-5-15(6-8-16)18-20-11-14(2)12-21-18/h3-12H,1-2H3. The minimum absolute atomic E-state index is 0.384. The number of benzene rings is 2. The molecule has 0 saturated carbocycles. The van der Waals surface area contributed by atoms with Gasteiger partial charge in [0, 0.05) is 18.0 Å². The molecule has 1 aromatic heterocycles. The quantitative estimate of drug-likeness (QED) is 0.542. The van der Waals surface area contributed by atoms with Gasteiger partial charge in [-0.1, -0.05) is 29.8 Å². The normalized spacial score (nSPS) is 10.3. The van der Waals surface area contributed by atoms with Crippen LogP contribution in [0.15, 0.2) is 60.9 Å². The molecule has 0 amide bonds. The molecule has 3 rings (SSSR count). The van der Waals surface area contributed by atoms with E-state index in [-0.39, 0.29) is 5.97 Å². The summed E-state index contributed by atoms with van der Waals surface area (Å²) in [7, 11) is 0. The monoisotopic (exact) mass is 304 g/mol. The molecule has 0 spiro atoms. The fourth-order valence-corrected chi connectivity index (χ4v) is 2.07. The fraction of sp³-hybridized carbons (Fsp3) is 0.105. The van der Waals surface area contributed by atoms with E-state index in [0.29, 0.717) is 17.1 Å². The van der Waals surface area contributed by atoms with Crippen LogP contribution in [0.3, 0.4) is 0 Å². The van der Waals surface area contributed by atoms with Crippen LogP contribution in [-0.2, 0) is 0 Å². The summed E-state index contributed by atoms with van der Waals surface area (Å²) >= 11 is 0. The number of aryl methyl sites for hydroxylation is 2. The van der Waals surface area contributed by atoms with Gasteiger partial charge in [0.2, 0.25) is 0 Å².